The standard InChI is InChI=1S/C15H27NO6/c1-9(12(19)21-14(2,3)4)8-10(11(17)18)16-13(20)22-15(5,6)7/h9-10H,8H2,1-7H3,(H,16,20)(H,17,18)/t9?,10-/m0/s1. The van der Waals surface area contributed by atoms with Crippen LogP contribution >= 0.6 is 0 Å². The van der Waals surface area contributed by atoms with Gasteiger partial charge in [0.25, 0.3) is 0 Å². The molecule has 0 saturated carbocycles. The Balaban J connectivity index is 4.69. The van der Waals surface area contributed by atoms with E-state index in [0.717, 1.165) is 0 Å². The van der Waals surface area contributed by atoms with E-state index in [-0.39, 0.29) is 6.42 Å². The van der Waals surface area contributed by atoms with Crippen LogP contribution in [0, 0.1) is 5.92 Å². The third kappa shape index (κ3) is 9.20. The van der Waals surface area contributed by atoms with Gasteiger partial charge in [-0.1, -0.05) is 6.92 Å². The van der Waals surface area contributed by atoms with Crippen LogP contribution in [0.1, 0.15) is 54.9 Å². The molecule has 0 aliphatic carbocycles. The second-order valence-electron chi connectivity index (χ2n) is 7.21. The fraction of sp³-hybridized carbons (Fsp3) is 0.800. The summed E-state index contributed by atoms with van der Waals surface area (Å²) in [4.78, 5) is 34.7. The number of carboxylic acids is 1. The van der Waals surface area contributed by atoms with Crippen LogP contribution in [-0.4, -0.2) is 40.4 Å². The topological polar surface area (TPSA) is 102 Å². The molecule has 0 saturated heterocycles. The molecule has 0 spiro atoms. The van der Waals surface area contributed by atoms with Crippen molar-refractivity contribution in [2.75, 3.05) is 0 Å². The summed E-state index contributed by atoms with van der Waals surface area (Å²) in [5, 5.41) is 11.4. The molecule has 128 valence electrons. The van der Waals surface area contributed by atoms with Gasteiger partial charge in [0.2, 0.25) is 0 Å². The molecule has 0 radical (unpaired) electrons. The van der Waals surface area contributed by atoms with E-state index in [1.54, 1.807) is 48.5 Å². The minimum absolute atomic E-state index is 0.0799. The Hall–Kier alpha value is -1.79. The monoisotopic (exact) mass is 317 g/mol. The van der Waals surface area contributed by atoms with Crippen molar-refractivity contribution in [2.45, 2.75) is 72.1 Å². The summed E-state index contributed by atoms with van der Waals surface area (Å²) in [6.45, 7) is 11.8. The third-order valence-corrected chi connectivity index (χ3v) is 2.39. The molecule has 0 aliphatic heterocycles. The summed E-state index contributed by atoms with van der Waals surface area (Å²) in [7, 11) is 0. The lowest BCUT2D eigenvalue weighted by atomic mass is 10.0. The highest BCUT2D eigenvalue weighted by molar-refractivity contribution is 5.81. The molecule has 2 atom stereocenters. The van der Waals surface area contributed by atoms with Crippen LogP contribution in [0.3, 0.4) is 0 Å². The van der Waals surface area contributed by atoms with Crippen LogP contribution < -0.4 is 5.32 Å². The summed E-state index contributed by atoms with van der Waals surface area (Å²) >= 11 is 0. The van der Waals surface area contributed by atoms with Crippen LogP contribution in [0.5, 0.6) is 0 Å². The van der Waals surface area contributed by atoms with Crippen LogP contribution in [-0.2, 0) is 19.1 Å². The summed E-state index contributed by atoms with van der Waals surface area (Å²) < 4.78 is 10.2. The lowest BCUT2D eigenvalue weighted by molar-refractivity contribution is -0.160. The molecule has 0 aromatic heterocycles. The highest BCUT2D eigenvalue weighted by Crippen LogP contribution is 2.15. The Morgan fingerprint density at radius 3 is 1.82 bits per heavy atom. The minimum atomic E-state index is -1.23. The van der Waals surface area contributed by atoms with Gasteiger partial charge in [-0.25, -0.2) is 9.59 Å². The van der Waals surface area contributed by atoms with E-state index in [0.29, 0.717) is 0 Å². The van der Waals surface area contributed by atoms with Gasteiger partial charge in [-0.15, -0.1) is 0 Å². The molecule has 0 rings (SSSR count). The number of ether oxygens (including phenoxy) is 2. The van der Waals surface area contributed by atoms with Crippen molar-refractivity contribution in [1.29, 1.82) is 0 Å². The Labute approximate surface area is 131 Å². The fourth-order valence-electron chi connectivity index (χ4n) is 1.52. The van der Waals surface area contributed by atoms with Crippen molar-refractivity contribution in [3.8, 4) is 0 Å². The van der Waals surface area contributed by atoms with Crippen LogP contribution in [0.15, 0.2) is 0 Å². The summed E-state index contributed by atoms with van der Waals surface area (Å²) in [6.07, 6.45) is -0.917. The molecule has 1 unspecified atom stereocenters. The first-order valence-electron chi connectivity index (χ1n) is 7.16. The highest BCUT2D eigenvalue weighted by atomic mass is 16.6. The molecule has 0 aliphatic rings. The predicted molar refractivity (Wildman–Crippen MR) is 80.4 cm³/mol. The lowest BCUT2D eigenvalue weighted by Gasteiger charge is -2.25. The van der Waals surface area contributed by atoms with E-state index in [1.165, 1.54) is 0 Å². The second kappa shape index (κ2) is 7.47. The summed E-state index contributed by atoms with van der Waals surface area (Å²) in [5.74, 6) is -2.42. The first-order valence-corrected chi connectivity index (χ1v) is 7.16. The van der Waals surface area contributed by atoms with Gasteiger partial charge >= 0.3 is 18.0 Å². The molecule has 22 heavy (non-hydrogen) atoms. The van der Waals surface area contributed by atoms with Crippen molar-refractivity contribution < 1.29 is 29.0 Å². The number of hydrogen-bond donors (Lipinski definition) is 2. The van der Waals surface area contributed by atoms with Gasteiger partial charge in [0.05, 0.1) is 5.92 Å². The molecule has 7 heteroatoms. The normalized spacial score (nSPS) is 14.7. The number of carbonyl (C=O) groups is 3. The molecule has 7 nitrogen and oxygen atoms in total. The molecule has 1 amide bonds. The molecule has 0 bridgehead atoms. The van der Waals surface area contributed by atoms with E-state index < -0.39 is 41.2 Å². The first-order chi connectivity index (χ1) is 9.71. The zero-order valence-electron chi connectivity index (χ0n) is 14.4. The van der Waals surface area contributed by atoms with Gasteiger partial charge in [0, 0.05) is 0 Å². The van der Waals surface area contributed by atoms with Crippen molar-refractivity contribution in [3.05, 3.63) is 0 Å². The average molecular weight is 317 g/mol. The Kier molecular flexibility index (Phi) is 6.86. The van der Waals surface area contributed by atoms with Crippen LogP contribution in [0.2, 0.25) is 0 Å². The van der Waals surface area contributed by atoms with E-state index >= 15 is 0 Å². The van der Waals surface area contributed by atoms with Crippen molar-refractivity contribution in [3.63, 3.8) is 0 Å². The second-order valence-corrected chi connectivity index (χ2v) is 7.21. The molecule has 0 aromatic carbocycles. The Bertz CT molecular complexity index is 419. The van der Waals surface area contributed by atoms with E-state index in [2.05, 4.69) is 5.32 Å². The van der Waals surface area contributed by atoms with Gasteiger partial charge < -0.3 is 19.9 Å². The fourth-order valence-corrected chi connectivity index (χ4v) is 1.52. The zero-order chi connectivity index (χ0) is 17.7. The quantitative estimate of drug-likeness (QED) is 0.755. The smallest absolute Gasteiger partial charge is 0.408 e. The predicted octanol–water partition coefficient (Wildman–Crippen LogP) is 2.33. The lowest BCUT2D eigenvalue weighted by Crippen LogP contribution is -2.45. The molecular weight excluding hydrogens is 290 g/mol. The Morgan fingerprint density at radius 2 is 1.45 bits per heavy atom. The number of hydrogen-bond acceptors (Lipinski definition) is 5. The molecule has 0 fully saturated rings. The average Bonchev–Trinajstić information content (AvgIpc) is 2.22. The Morgan fingerprint density at radius 1 is 1.00 bits per heavy atom. The van der Waals surface area contributed by atoms with Gasteiger partial charge in [-0.2, -0.15) is 0 Å². The van der Waals surface area contributed by atoms with E-state index in [4.69, 9.17) is 14.6 Å². The van der Waals surface area contributed by atoms with Crippen molar-refractivity contribution in [1.82, 2.24) is 5.32 Å². The molecular formula is C15H27NO6. The number of aliphatic carboxylic acids is 1. The van der Waals surface area contributed by atoms with Crippen LogP contribution in [0.25, 0.3) is 0 Å². The number of amides is 1. The summed E-state index contributed by atoms with van der Waals surface area (Å²) in [5.41, 5.74) is -1.38. The molecule has 0 aromatic rings. The number of alkyl carbamates (subject to hydrolysis) is 1. The van der Waals surface area contributed by atoms with Gasteiger partial charge in [-0.05, 0) is 48.0 Å². The third-order valence-electron chi connectivity index (χ3n) is 2.39. The maximum atomic E-state index is 11.9. The number of carbonyl (C=O) groups excluding carboxylic acids is 2. The number of nitrogens with one attached hydrogen (secondary N) is 1. The van der Waals surface area contributed by atoms with Crippen molar-refractivity contribution >= 4 is 18.0 Å². The van der Waals surface area contributed by atoms with E-state index in [9.17, 15) is 14.4 Å². The maximum absolute atomic E-state index is 11.9. The first kappa shape index (κ1) is 20.2. The zero-order valence-corrected chi connectivity index (χ0v) is 14.4. The number of carboxylic acid groups (broad SMARTS) is 1. The van der Waals surface area contributed by atoms with Gasteiger partial charge in [0.1, 0.15) is 17.2 Å². The largest absolute Gasteiger partial charge is 0.480 e. The van der Waals surface area contributed by atoms with Crippen LogP contribution in [0.4, 0.5) is 4.79 Å². The highest BCUT2D eigenvalue weighted by Gasteiger charge is 2.30. The molecule has 0 heterocycles. The molecule has 2 N–H and O–H groups in total. The number of esters is 1. The minimum Gasteiger partial charge on any atom is -0.480 e. The van der Waals surface area contributed by atoms with Crippen molar-refractivity contribution in [2.24, 2.45) is 5.92 Å². The summed E-state index contributed by atoms with van der Waals surface area (Å²) in [6, 6.07) is -1.22. The maximum Gasteiger partial charge on any atom is 0.408 e. The SMILES string of the molecule is CC(C[C@H](NC(=O)OC(C)(C)C)C(=O)O)C(=O)OC(C)(C)C. The van der Waals surface area contributed by atoms with Gasteiger partial charge in [0.15, 0.2) is 0 Å². The van der Waals surface area contributed by atoms with Gasteiger partial charge in [-0.3, -0.25) is 4.79 Å². The number of rotatable bonds is 5. The van der Waals surface area contributed by atoms with E-state index in [1.807, 2.05) is 0 Å².